The minimum absolute atomic E-state index is 0.857. The van der Waals surface area contributed by atoms with Gasteiger partial charge >= 0.3 is 0 Å². The molecular formula is C17H24N4+2. The fourth-order valence-electron chi connectivity index (χ4n) is 1.99. The van der Waals surface area contributed by atoms with Crippen molar-refractivity contribution in [3.8, 4) is 0 Å². The van der Waals surface area contributed by atoms with E-state index in [4.69, 9.17) is 0 Å². The van der Waals surface area contributed by atoms with Gasteiger partial charge in [-0.3, -0.25) is 0 Å². The van der Waals surface area contributed by atoms with Crippen LogP contribution in [0, 0.1) is 0 Å². The Labute approximate surface area is 127 Å². The van der Waals surface area contributed by atoms with Gasteiger partial charge in [-0.25, -0.2) is 4.57 Å². The average molecular weight is 284 g/mol. The standard InChI is InChI=1S/C17H24N4/c1-18(2)16-6-12-20(13-7-16)10-5-11-21-14-8-17(9-15-21)19(3)4/h5-10,12-15H,11H2,1-4H3/q+2. The summed E-state index contributed by atoms with van der Waals surface area (Å²) >= 11 is 0. The number of hydrogen-bond acceptors (Lipinski definition) is 2. The Morgan fingerprint density at radius 3 is 1.76 bits per heavy atom. The number of rotatable bonds is 5. The highest BCUT2D eigenvalue weighted by Gasteiger charge is 2.01. The van der Waals surface area contributed by atoms with Gasteiger partial charge in [-0.1, -0.05) is 0 Å². The first-order valence-corrected chi connectivity index (χ1v) is 7.07. The monoisotopic (exact) mass is 284 g/mol. The molecule has 0 fully saturated rings. The van der Waals surface area contributed by atoms with Crippen LogP contribution in [0.15, 0.2) is 55.1 Å². The summed E-state index contributed by atoms with van der Waals surface area (Å²) in [7, 11) is 8.19. The minimum atomic E-state index is 0.857. The second-order valence-electron chi connectivity index (χ2n) is 5.43. The molecule has 0 saturated heterocycles. The third-order valence-corrected chi connectivity index (χ3v) is 3.33. The van der Waals surface area contributed by atoms with Crippen LogP contribution in [-0.2, 0) is 6.54 Å². The van der Waals surface area contributed by atoms with Crippen LogP contribution in [0.4, 0.5) is 11.4 Å². The van der Waals surface area contributed by atoms with Crippen molar-refractivity contribution in [2.45, 2.75) is 6.54 Å². The van der Waals surface area contributed by atoms with Crippen molar-refractivity contribution >= 4 is 17.6 Å². The highest BCUT2D eigenvalue weighted by Crippen LogP contribution is 2.06. The molecule has 0 radical (unpaired) electrons. The van der Waals surface area contributed by atoms with Crippen LogP contribution in [0.2, 0.25) is 0 Å². The van der Waals surface area contributed by atoms with Crippen molar-refractivity contribution in [3.63, 3.8) is 0 Å². The lowest BCUT2D eigenvalue weighted by Gasteiger charge is -2.10. The molecule has 0 aliphatic rings. The van der Waals surface area contributed by atoms with Crippen molar-refractivity contribution in [3.05, 3.63) is 55.1 Å². The fourth-order valence-corrected chi connectivity index (χ4v) is 1.99. The summed E-state index contributed by atoms with van der Waals surface area (Å²) in [6.07, 6.45) is 12.5. The maximum Gasteiger partial charge on any atom is 0.176 e. The number of nitrogens with zero attached hydrogens (tertiary/aromatic N) is 4. The molecule has 0 atom stereocenters. The molecule has 0 aliphatic heterocycles. The van der Waals surface area contributed by atoms with Crippen LogP contribution in [0.5, 0.6) is 0 Å². The van der Waals surface area contributed by atoms with Crippen LogP contribution in [0.1, 0.15) is 0 Å². The van der Waals surface area contributed by atoms with Gasteiger partial charge in [-0.05, 0) is 0 Å². The highest BCUT2D eigenvalue weighted by atomic mass is 15.1. The van der Waals surface area contributed by atoms with Gasteiger partial charge < -0.3 is 9.80 Å². The van der Waals surface area contributed by atoms with Crippen molar-refractivity contribution < 1.29 is 9.13 Å². The lowest BCUT2D eigenvalue weighted by atomic mass is 10.3. The Morgan fingerprint density at radius 1 is 0.810 bits per heavy atom. The molecule has 0 aliphatic carbocycles. The molecule has 0 unspecified atom stereocenters. The first kappa shape index (κ1) is 15.0. The van der Waals surface area contributed by atoms with Gasteiger partial charge in [0.2, 0.25) is 0 Å². The highest BCUT2D eigenvalue weighted by molar-refractivity contribution is 5.42. The molecule has 21 heavy (non-hydrogen) atoms. The summed E-state index contributed by atoms with van der Waals surface area (Å²) in [5, 5.41) is 0. The minimum Gasteiger partial charge on any atom is -0.377 e. The zero-order valence-corrected chi connectivity index (χ0v) is 13.3. The van der Waals surface area contributed by atoms with Gasteiger partial charge in [-0.15, -0.1) is 0 Å². The zero-order valence-electron chi connectivity index (χ0n) is 13.3. The first-order valence-electron chi connectivity index (χ1n) is 7.07. The molecular weight excluding hydrogens is 260 g/mol. The molecule has 2 rings (SSSR count). The molecule has 0 N–H and O–H groups in total. The Kier molecular flexibility index (Phi) is 4.93. The van der Waals surface area contributed by atoms with Crippen molar-refractivity contribution in [1.29, 1.82) is 0 Å². The van der Waals surface area contributed by atoms with E-state index < -0.39 is 0 Å². The van der Waals surface area contributed by atoms with E-state index in [2.05, 4.69) is 80.3 Å². The number of hydrogen-bond donors (Lipinski definition) is 0. The van der Waals surface area contributed by atoms with Crippen LogP contribution in [0.3, 0.4) is 0 Å². The summed E-state index contributed by atoms with van der Waals surface area (Å²) in [5.41, 5.74) is 2.41. The lowest BCUT2D eigenvalue weighted by Crippen LogP contribution is -2.33. The van der Waals surface area contributed by atoms with Gasteiger partial charge in [0.05, 0.1) is 0 Å². The van der Waals surface area contributed by atoms with E-state index in [1.54, 1.807) is 0 Å². The largest absolute Gasteiger partial charge is 0.377 e. The number of allylic oxidation sites excluding steroid dienone is 1. The second-order valence-corrected chi connectivity index (χ2v) is 5.43. The topological polar surface area (TPSA) is 14.2 Å². The van der Waals surface area contributed by atoms with Crippen LogP contribution in [-0.4, -0.2) is 28.2 Å². The van der Waals surface area contributed by atoms with Crippen LogP contribution < -0.4 is 18.9 Å². The summed E-state index contributed by atoms with van der Waals surface area (Å²) in [5.74, 6) is 0. The Bertz CT molecular complexity index is 583. The molecule has 0 bridgehead atoms. The molecule has 110 valence electrons. The predicted octanol–water partition coefficient (Wildman–Crippen LogP) is 1.56. The van der Waals surface area contributed by atoms with Gasteiger partial charge in [-0.2, -0.15) is 4.57 Å². The SMILES string of the molecule is CN(C)c1cc[n+](C=CC[n+]2ccc(N(C)C)cc2)cc1. The van der Waals surface area contributed by atoms with Gasteiger partial charge in [0.25, 0.3) is 0 Å². The normalized spacial score (nSPS) is 10.9. The molecule has 2 aromatic rings. The maximum atomic E-state index is 2.15. The summed E-state index contributed by atoms with van der Waals surface area (Å²) in [4.78, 5) is 4.19. The van der Waals surface area contributed by atoms with Gasteiger partial charge in [0.15, 0.2) is 37.5 Å². The summed E-state index contributed by atoms with van der Waals surface area (Å²) in [6, 6.07) is 8.44. The maximum absolute atomic E-state index is 2.15. The Hall–Kier alpha value is -2.36. The summed E-state index contributed by atoms with van der Waals surface area (Å²) in [6.45, 7) is 0.857. The molecule has 4 nitrogen and oxygen atoms in total. The lowest BCUT2D eigenvalue weighted by molar-refractivity contribution is -0.687. The quantitative estimate of drug-likeness (QED) is 0.774. The third-order valence-electron chi connectivity index (χ3n) is 3.33. The second kappa shape index (κ2) is 6.88. The molecule has 0 aromatic carbocycles. The van der Waals surface area contributed by atoms with Crippen molar-refractivity contribution in [2.75, 3.05) is 38.0 Å². The Morgan fingerprint density at radius 2 is 1.29 bits per heavy atom. The predicted molar refractivity (Wildman–Crippen MR) is 87.3 cm³/mol. The van der Waals surface area contributed by atoms with Crippen LogP contribution in [0.25, 0.3) is 6.20 Å². The number of anilines is 2. The van der Waals surface area contributed by atoms with E-state index in [0.717, 1.165) is 6.54 Å². The van der Waals surface area contributed by atoms with Crippen LogP contribution >= 0.6 is 0 Å². The third kappa shape index (κ3) is 4.31. The average Bonchev–Trinajstić information content (AvgIpc) is 2.48. The van der Waals surface area contributed by atoms with E-state index in [0.29, 0.717) is 0 Å². The molecule has 4 heteroatoms. The fraction of sp³-hybridized carbons (Fsp3) is 0.294. The van der Waals surface area contributed by atoms with E-state index in [1.165, 1.54) is 11.4 Å². The van der Waals surface area contributed by atoms with Gasteiger partial charge in [0.1, 0.15) is 0 Å². The van der Waals surface area contributed by atoms with E-state index in [9.17, 15) is 0 Å². The Balaban J connectivity index is 1.95. The van der Waals surface area contributed by atoms with Crippen molar-refractivity contribution in [2.24, 2.45) is 0 Å². The van der Waals surface area contributed by atoms with E-state index in [1.807, 2.05) is 28.2 Å². The summed E-state index contributed by atoms with van der Waals surface area (Å²) < 4.78 is 4.21. The first-order chi connectivity index (χ1) is 10.1. The molecule has 2 heterocycles. The smallest absolute Gasteiger partial charge is 0.176 e. The van der Waals surface area contributed by atoms with Gasteiger partial charge in [0, 0.05) is 69.9 Å². The molecule has 0 saturated carbocycles. The van der Waals surface area contributed by atoms with Crippen molar-refractivity contribution in [1.82, 2.24) is 0 Å². The molecule has 2 aromatic heterocycles. The molecule has 0 spiro atoms. The molecule has 0 amide bonds. The van der Waals surface area contributed by atoms with E-state index in [-0.39, 0.29) is 0 Å². The zero-order chi connectivity index (χ0) is 15.2. The number of pyridine rings is 2. The number of aromatic nitrogens is 2. The van der Waals surface area contributed by atoms with E-state index >= 15 is 0 Å².